The Morgan fingerprint density at radius 2 is 1.12 bits per heavy atom. The van der Waals surface area contributed by atoms with Crippen LogP contribution in [0.3, 0.4) is 0 Å². The van der Waals surface area contributed by atoms with E-state index in [0.29, 0.717) is 0 Å². The molecule has 6 aliphatic rings. The zero-order valence-electron chi connectivity index (χ0n) is 29.3. The smallest absolute Gasteiger partial charge is 0.202 e. The van der Waals surface area contributed by atoms with Crippen LogP contribution in [0.15, 0.2) is 45.3 Å². The molecule has 8 rings (SSSR count). The predicted molar refractivity (Wildman–Crippen MR) is 192 cm³/mol. The molecule has 4 atom stereocenters. The van der Waals surface area contributed by atoms with Crippen molar-refractivity contribution in [3.8, 4) is 0 Å². The second kappa shape index (κ2) is 12.1. The molecular formula is C40H50Br2O6. The minimum atomic E-state index is -0.803. The average molecular weight is 787 g/mol. The van der Waals surface area contributed by atoms with Crippen LogP contribution in [-0.4, -0.2) is 45.2 Å². The molecule has 8 heteroatoms. The monoisotopic (exact) mass is 784 g/mol. The number of rotatable bonds is 4. The third-order valence-corrected chi connectivity index (χ3v) is 13.2. The van der Waals surface area contributed by atoms with Crippen molar-refractivity contribution in [2.45, 2.75) is 164 Å². The number of Topliss-reactive ketones (excluding diaryl/α,β-unsaturated/α-hetero) is 2. The number of benzene rings is 2. The molecule has 0 bridgehead atoms. The number of halogens is 2. The van der Waals surface area contributed by atoms with Crippen molar-refractivity contribution in [2.75, 3.05) is 0 Å². The summed E-state index contributed by atoms with van der Waals surface area (Å²) < 4.78 is 27.5. The second-order valence-corrected chi connectivity index (χ2v) is 17.7. The van der Waals surface area contributed by atoms with Crippen molar-refractivity contribution in [3.05, 3.63) is 67.6 Å². The highest BCUT2D eigenvalue weighted by Crippen LogP contribution is 2.68. The Labute approximate surface area is 302 Å². The van der Waals surface area contributed by atoms with Gasteiger partial charge in [0.2, 0.25) is 11.6 Å². The van der Waals surface area contributed by atoms with Crippen molar-refractivity contribution >= 4 is 43.4 Å². The lowest BCUT2D eigenvalue weighted by Crippen LogP contribution is -2.47. The van der Waals surface area contributed by atoms with Crippen molar-refractivity contribution in [2.24, 2.45) is 0 Å². The molecule has 0 radical (unpaired) electrons. The van der Waals surface area contributed by atoms with Crippen LogP contribution < -0.4 is 0 Å². The van der Waals surface area contributed by atoms with E-state index in [9.17, 15) is 9.59 Å². The standard InChI is InChI=1S/2C20H25BrO3/c1-4-13-12-14(21)8-9-15(13)16-20(23-16)17(22)19(24-18(20,2)3)10-6-5-7-11-19;1-4-13-12-14(21)8-9-15(13)16-20(23-16)17(22)18(2,3)24-19(20)10-6-5-7-11-19/h2*8-9,12,16H,4-7,10-11H2,1-3H3. The summed E-state index contributed by atoms with van der Waals surface area (Å²) in [5.74, 6) is 0.321. The molecule has 4 unspecified atom stereocenters. The van der Waals surface area contributed by atoms with Crippen molar-refractivity contribution < 1.29 is 28.5 Å². The Kier molecular flexibility index (Phi) is 8.81. The average Bonchev–Trinajstić information content (AvgIpc) is 3.97. The van der Waals surface area contributed by atoms with Crippen molar-refractivity contribution in [3.63, 3.8) is 0 Å². The van der Waals surface area contributed by atoms with Gasteiger partial charge >= 0.3 is 0 Å². The summed E-state index contributed by atoms with van der Waals surface area (Å²) in [4.78, 5) is 26.7. The van der Waals surface area contributed by atoms with E-state index in [1.165, 1.54) is 24.0 Å². The molecule has 2 aromatic rings. The van der Waals surface area contributed by atoms with E-state index in [0.717, 1.165) is 84.3 Å². The summed E-state index contributed by atoms with van der Waals surface area (Å²) in [6, 6.07) is 12.6. The lowest BCUT2D eigenvalue weighted by molar-refractivity contribution is -0.143. The Morgan fingerprint density at radius 3 is 1.65 bits per heavy atom. The number of epoxide rings is 2. The van der Waals surface area contributed by atoms with Crippen molar-refractivity contribution in [1.82, 2.24) is 0 Å². The molecule has 4 heterocycles. The van der Waals surface area contributed by atoms with Gasteiger partial charge in [0.05, 0.1) is 0 Å². The van der Waals surface area contributed by atoms with Gasteiger partial charge < -0.3 is 18.9 Å². The highest BCUT2D eigenvalue weighted by atomic mass is 79.9. The Balaban J connectivity index is 0.000000152. The topological polar surface area (TPSA) is 77.7 Å². The quantitative estimate of drug-likeness (QED) is 0.288. The molecule has 0 amide bonds. The van der Waals surface area contributed by atoms with Gasteiger partial charge in [-0.1, -0.05) is 96.4 Å². The maximum Gasteiger partial charge on any atom is 0.202 e. The zero-order valence-corrected chi connectivity index (χ0v) is 32.5. The fourth-order valence-corrected chi connectivity index (χ4v) is 10.6. The summed E-state index contributed by atoms with van der Waals surface area (Å²) in [6.45, 7) is 12.1. The molecule has 6 nitrogen and oxygen atoms in total. The minimum absolute atomic E-state index is 0.131. The van der Waals surface area contributed by atoms with Gasteiger partial charge in [-0.15, -0.1) is 0 Å². The van der Waals surface area contributed by atoms with Gasteiger partial charge in [-0.05, 0) is 113 Å². The van der Waals surface area contributed by atoms with Gasteiger partial charge in [0.15, 0.2) is 11.2 Å². The summed E-state index contributed by atoms with van der Waals surface area (Å²) in [5.41, 5.74) is 0.815. The second-order valence-electron chi connectivity index (χ2n) is 15.9. The number of ketones is 2. The van der Waals surface area contributed by atoms with E-state index in [1.807, 2.05) is 39.8 Å². The van der Waals surface area contributed by atoms with E-state index in [1.54, 1.807) is 0 Å². The minimum Gasteiger partial charge on any atom is -0.358 e. The molecule has 260 valence electrons. The Morgan fingerprint density at radius 1 is 0.646 bits per heavy atom. The number of carbonyl (C=O) groups excluding carboxylic acids is 2. The molecule has 2 saturated carbocycles. The van der Waals surface area contributed by atoms with Crippen LogP contribution in [0.1, 0.15) is 140 Å². The van der Waals surface area contributed by atoms with Gasteiger partial charge in [-0.2, -0.15) is 0 Å². The van der Waals surface area contributed by atoms with Crippen LogP contribution in [0, 0.1) is 0 Å². The van der Waals surface area contributed by atoms with Crippen LogP contribution in [0.4, 0.5) is 0 Å². The molecule has 2 aliphatic carbocycles. The van der Waals surface area contributed by atoms with Crippen LogP contribution in [0.2, 0.25) is 0 Å². The van der Waals surface area contributed by atoms with Gasteiger partial charge in [-0.25, -0.2) is 0 Å². The molecule has 0 aromatic heterocycles. The van der Waals surface area contributed by atoms with Crippen LogP contribution in [0.5, 0.6) is 0 Å². The third-order valence-electron chi connectivity index (χ3n) is 12.2. The number of aryl methyl sites for hydroxylation is 2. The van der Waals surface area contributed by atoms with Gasteiger partial charge in [0.1, 0.15) is 34.6 Å². The Hall–Kier alpha value is -1.42. The van der Waals surface area contributed by atoms with Gasteiger partial charge in [-0.3, -0.25) is 9.59 Å². The lowest BCUT2D eigenvalue weighted by atomic mass is 9.71. The number of hydrogen-bond donors (Lipinski definition) is 0. The maximum atomic E-state index is 13.5. The van der Waals surface area contributed by atoms with Crippen molar-refractivity contribution in [1.29, 1.82) is 0 Å². The first kappa shape index (κ1) is 35.0. The number of fused-ring (bicyclic) bond motifs is 1. The molecule has 4 spiro atoms. The molecule has 6 fully saturated rings. The summed E-state index contributed by atoms with van der Waals surface area (Å²) >= 11 is 7.09. The molecule has 48 heavy (non-hydrogen) atoms. The number of carbonyl (C=O) groups is 2. The third kappa shape index (κ3) is 5.12. The summed E-state index contributed by atoms with van der Waals surface area (Å²) in [5, 5.41) is 0. The number of ether oxygens (including phenoxy) is 4. The summed E-state index contributed by atoms with van der Waals surface area (Å²) in [7, 11) is 0. The fraction of sp³-hybridized carbons (Fsp3) is 0.650. The first-order valence-corrected chi connectivity index (χ1v) is 19.7. The van der Waals surface area contributed by atoms with E-state index >= 15 is 0 Å². The van der Waals surface area contributed by atoms with Crippen LogP contribution in [0.25, 0.3) is 0 Å². The maximum absolute atomic E-state index is 13.5. The SMILES string of the molecule is CCc1cc(Br)ccc1C1OC12C(=O)C(C)(C)OC21CCCCC1.CCc1cc(Br)ccc1C1OC12C(=O)C1(CCCCC1)OC2(C)C. The molecule has 0 N–H and O–H groups in total. The molecular weight excluding hydrogens is 736 g/mol. The molecule has 4 saturated heterocycles. The van der Waals surface area contributed by atoms with E-state index in [2.05, 4.69) is 70.0 Å². The first-order valence-electron chi connectivity index (χ1n) is 18.1. The van der Waals surface area contributed by atoms with Crippen LogP contribution in [-0.2, 0) is 41.4 Å². The van der Waals surface area contributed by atoms with E-state index in [4.69, 9.17) is 18.9 Å². The van der Waals surface area contributed by atoms with Crippen LogP contribution >= 0.6 is 31.9 Å². The van der Waals surface area contributed by atoms with E-state index in [-0.39, 0.29) is 23.8 Å². The highest BCUT2D eigenvalue weighted by Gasteiger charge is 2.82. The zero-order chi connectivity index (χ0) is 34.3. The molecule has 4 aliphatic heterocycles. The summed E-state index contributed by atoms with van der Waals surface area (Å²) in [6.07, 6.45) is 11.8. The number of hydrogen-bond acceptors (Lipinski definition) is 6. The van der Waals surface area contributed by atoms with Gasteiger partial charge in [0.25, 0.3) is 0 Å². The predicted octanol–water partition coefficient (Wildman–Crippen LogP) is 9.80. The first-order chi connectivity index (χ1) is 22.7. The van der Waals surface area contributed by atoms with Gasteiger partial charge in [0, 0.05) is 8.95 Å². The normalized spacial score (nSPS) is 33.3. The largest absolute Gasteiger partial charge is 0.358 e. The molecule has 2 aromatic carbocycles. The fourth-order valence-electron chi connectivity index (χ4n) is 9.83. The highest BCUT2D eigenvalue weighted by molar-refractivity contribution is 9.10. The Bertz CT molecular complexity index is 1620. The van der Waals surface area contributed by atoms with E-state index < -0.39 is 33.6 Å². The lowest BCUT2D eigenvalue weighted by Gasteiger charge is -2.36.